The van der Waals surface area contributed by atoms with Gasteiger partial charge in [-0.3, -0.25) is 0 Å². The highest BCUT2D eigenvalue weighted by molar-refractivity contribution is 6.30. The highest BCUT2D eigenvalue weighted by Crippen LogP contribution is 2.23. The predicted molar refractivity (Wildman–Crippen MR) is 61.3 cm³/mol. The smallest absolute Gasteiger partial charge is 0.114 e. The van der Waals surface area contributed by atoms with Crippen molar-refractivity contribution in [2.75, 3.05) is 7.11 Å². The first-order chi connectivity index (χ1) is 7.22. The molecular weight excluding hydrogens is 210 g/mol. The number of nitriles is 1. The van der Waals surface area contributed by atoms with Gasteiger partial charge in [-0.05, 0) is 17.7 Å². The molecule has 0 saturated carbocycles. The molecule has 1 aromatic rings. The average molecular weight is 222 g/mol. The Labute approximate surface area is 94.7 Å². The van der Waals surface area contributed by atoms with E-state index in [1.807, 2.05) is 19.1 Å². The molecule has 0 amide bonds. The van der Waals surface area contributed by atoms with Crippen molar-refractivity contribution in [1.82, 2.24) is 0 Å². The number of allylic oxidation sites excluding steroid dienone is 2. The normalized spacial score (nSPS) is 11.6. The van der Waals surface area contributed by atoms with Gasteiger partial charge in [0.05, 0.1) is 12.7 Å². The van der Waals surface area contributed by atoms with E-state index in [0.717, 1.165) is 5.56 Å². The molecule has 0 atom stereocenters. The molecule has 78 valence electrons. The van der Waals surface area contributed by atoms with Gasteiger partial charge in [-0.25, -0.2) is 0 Å². The number of methoxy groups -OCH3 is 1. The predicted octanol–water partition coefficient (Wildman–Crippen LogP) is 3.63. The minimum atomic E-state index is 0.544. The third-order valence-electron chi connectivity index (χ3n) is 2.07. The highest BCUT2D eigenvalue weighted by atomic mass is 35.5. The monoisotopic (exact) mass is 221 g/mol. The molecule has 0 aliphatic heterocycles. The molecule has 0 unspecified atom stereocenters. The van der Waals surface area contributed by atoms with E-state index >= 15 is 0 Å². The van der Waals surface area contributed by atoms with E-state index in [-0.39, 0.29) is 0 Å². The van der Waals surface area contributed by atoms with E-state index < -0.39 is 0 Å². The molecular formula is C12H12ClNO. The van der Waals surface area contributed by atoms with Crippen molar-refractivity contribution in [3.8, 4) is 6.07 Å². The molecule has 0 bridgehead atoms. The zero-order valence-electron chi connectivity index (χ0n) is 8.75. The van der Waals surface area contributed by atoms with E-state index in [4.69, 9.17) is 21.6 Å². The Bertz CT molecular complexity index is 412. The summed E-state index contributed by atoms with van der Waals surface area (Å²) in [6.07, 6.45) is 0.686. The summed E-state index contributed by atoms with van der Waals surface area (Å²) >= 11 is 5.86. The van der Waals surface area contributed by atoms with Gasteiger partial charge in [0.2, 0.25) is 0 Å². The molecule has 3 heteroatoms. The zero-order chi connectivity index (χ0) is 11.3. The average Bonchev–Trinajstić information content (AvgIpc) is 2.25. The fourth-order valence-electron chi connectivity index (χ4n) is 1.36. The summed E-state index contributed by atoms with van der Waals surface area (Å²) < 4.78 is 5.16. The van der Waals surface area contributed by atoms with Crippen molar-refractivity contribution in [3.05, 3.63) is 40.6 Å². The van der Waals surface area contributed by atoms with Gasteiger partial charge in [0.15, 0.2) is 0 Å². The molecule has 0 aromatic heterocycles. The summed E-state index contributed by atoms with van der Waals surface area (Å²) in [7, 11) is 1.57. The lowest BCUT2D eigenvalue weighted by Gasteiger charge is -2.07. The molecule has 0 N–H and O–H groups in total. The highest BCUT2D eigenvalue weighted by Gasteiger charge is 2.08. The van der Waals surface area contributed by atoms with Crippen LogP contribution in [0, 0.1) is 11.3 Å². The molecule has 0 aliphatic carbocycles. The Morgan fingerprint density at radius 3 is 2.73 bits per heavy atom. The van der Waals surface area contributed by atoms with Gasteiger partial charge in [-0.2, -0.15) is 5.26 Å². The number of ether oxygens (including phenoxy) is 1. The second kappa shape index (κ2) is 5.43. The largest absolute Gasteiger partial charge is 0.500 e. The number of hydrogen-bond donors (Lipinski definition) is 0. The van der Waals surface area contributed by atoms with Crippen LogP contribution in [0.5, 0.6) is 0 Å². The molecule has 0 spiro atoms. The van der Waals surface area contributed by atoms with E-state index in [1.54, 1.807) is 19.2 Å². The van der Waals surface area contributed by atoms with Crippen LogP contribution < -0.4 is 0 Å². The van der Waals surface area contributed by atoms with Gasteiger partial charge >= 0.3 is 0 Å². The second-order valence-corrected chi connectivity index (χ2v) is 3.41. The number of rotatable bonds is 3. The van der Waals surface area contributed by atoms with Crippen LogP contribution in [0.2, 0.25) is 5.02 Å². The first kappa shape index (κ1) is 11.6. The maximum Gasteiger partial charge on any atom is 0.114 e. The van der Waals surface area contributed by atoms with Crippen LogP contribution in [0.4, 0.5) is 0 Å². The minimum absolute atomic E-state index is 0.544. The molecule has 1 aromatic carbocycles. The van der Waals surface area contributed by atoms with Gasteiger partial charge in [0, 0.05) is 11.4 Å². The van der Waals surface area contributed by atoms with Crippen molar-refractivity contribution in [2.24, 2.45) is 0 Å². The van der Waals surface area contributed by atoms with E-state index in [2.05, 4.69) is 6.07 Å². The lowest BCUT2D eigenvalue weighted by molar-refractivity contribution is 0.283. The summed E-state index contributed by atoms with van der Waals surface area (Å²) in [4.78, 5) is 0. The summed E-state index contributed by atoms with van der Waals surface area (Å²) in [6.45, 7) is 1.95. The van der Waals surface area contributed by atoms with Crippen molar-refractivity contribution in [3.63, 3.8) is 0 Å². The third kappa shape index (κ3) is 2.74. The lowest BCUT2D eigenvalue weighted by Crippen LogP contribution is -1.92. The standard InChI is InChI=1S/C12H12ClNO/c1-3-12(15-2)11(8-14)9-5-4-6-10(13)7-9/h4-7H,3H2,1-2H3/b12-11+. The van der Waals surface area contributed by atoms with Crippen LogP contribution in [0.3, 0.4) is 0 Å². The van der Waals surface area contributed by atoms with Gasteiger partial charge < -0.3 is 4.74 Å². The van der Waals surface area contributed by atoms with E-state index in [9.17, 15) is 0 Å². The molecule has 0 fully saturated rings. The number of hydrogen-bond acceptors (Lipinski definition) is 2. The van der Waals surface area contributed by atoms with Crippen molar-refractivity contribution in [2.45, 2.75) is 13.3 Å². The quantitative estimate of drug-likeness (QED) is 0.577. The van der Waals surface area contributed by atoms with Crippen LogP contribution in [0.15, 0.2) is 30.0 Å². The molecule has 2 nitrogen and oxygen atoms in total. The van der Waals surface area contributed by atoms with Crippen LogP contribution in [0.25, 0.3) is 5.57 Å². The first-order valence-corrected chi connectivity index (χ1v) is 5.03. The Hall–Kier alpha value is -1.46. The molecule has 0 aliphatic rings. The maximum absolute atomic E-state index is 9.07. The Kier molecular flexibility index (Phi) is 4.20. The van der Waals surface area contributed by atoms with Gasteiger partial charge in [0.25, 0.3) is 0 Å². The number of benzene rings is 1. The molecule has 15 heavy (non-hydrogen) atoms. The molecule has 0 heterocycles. The second-order valence-electron chi connectivity index (χ2n) is 2.98. The molecule has 0 saturated heterocycles. The summed E-state index contributed by atoms with van der Waals surface area (Å²) in [5.74, 6) is 0.680. The Balaban J connectivity index is 3.25. The molecule has 1 rings (SSSR count). The van der Waals surface area contributed by atoms with Crippen LogP contribution in [0.1, 0.15) is 18.9 Å². The van der Waals surface area contributed by atoms with Crippen molar-refractivity contribution < 1.29 is 4.74 Å². The fraction of sp³-hybridized carbons (Fsp3) is 0.250. The van der Waals surface area contributed by atoms with Crippen molar-refractivity contribution in [1.29, 1.82) is 5.26 Å². The zero-order valence-corrected chi connectivity index (χ0v) is 9.51. The SMILES string of the molecule is CC/C(OC)=C(/C#N)c1cccc(Cl)c1. The number of halogens is 1. The molecule has 0 radical (unpaired) electrons. The van der Waals surface area contributed by atoms with E-state index in [0.29, 0.717) is 22.8 Å². The maximum atomic E-state index is 9.07. The van der Waals surface area contributed by atoms with Gasteiger partial charge in [-0.15, -0.1) is 0 Å². The number of nitrogens with zero attached hydrogens (tertiary/aromatic N) is 1. The van der Waals surface area contributed by atoms with Crippen LogP contribution >= 0.6 is 11.6 Å². The van der Waals surface area contributed by atoms with Crippen LogP contribution in [-0.2, 0) is 4.74 Å². The lowest BCUT2D eigenvalue weighted by atomic mass is 10.1. The fourth-order valence-corrected chi connectivity index (χ4v) is 1.55. The van der Waals surface area contributed by atoms with E-state index in [1.165, 1.54) is 0 Å². The summed E-state index contributed by atoms with van der Waals surface area (Å²) in [5, 5.41) is 9.69. The summed E-state index contributed by atoms with van der Waals surface area (Å²) in [6, 6.07) is 9.34. The first-order valence-electron chi connectivity index (χ1n) is 4.66. The topological polar surface area (TPSA) is 33.0 Å². The van der Waals surface area contributed by atoms with Crippen LogP contribution in [-0.4, -0.2) is 7.11 Å². The van der Waals surface area contributed by atoms with Crippen molar-refractivity contribution >= 4 is 17.2 Å². The van der Waals surface area contributed by atoms with Gasteiger partial charge in [0.1, 0.15) is 11.8 Å². The Morgan fingerprint density at radius 2 is 2.27 bits per heavy atom. The third-order valence-corrected chi connectivity index (χ3v) is 2.31. The Morgan fingerprint density at radius 1 is 1.53 bits per heavy atom. The minimum Gasteiger partial charge on any atom is -0.500 e. The summed E-state index contributed by atoms with van der Waals surface area (Å²) in [5.41, 5.74) is 1.34. The van der Waals surface area contributed by atoms with Gasteiger partial charge in [-0.1, -0.05) is 30.7 Å².